The van der Waals surface area contributed by atoms with Gasteiger partial charge in [0.25, 0.3) is 0 Å². The Morgan fingerprint density at radius 2 is 1.49 bits per heavy atom. The van der Waals surface area contributed by atoms with Crippen molar-refractivity contribution < 1.29 is 31.8 Å². The fraction of sp³-hybridized carbons (Fsp3) is 0.103. The van der Waals surface area contributed by atoms with Crippen molar-refractivity contribution in [2.75, 3.05) is 11.9 Å². The number of rotatable bonds is 7. The van der Waals surface area contributed by atoms with Gasteiger partial charge in [0.15, 0.2) is 0 Å². The van der Waals surface area contributed by atoms with Crippen LogP contribution in [0.4, 0.5) is 28.0 Å². The normalized spacial score (nSPS) is 14.7. The summed E-state index contributed by atoms with van der Waals surface area (Å²) >= 11 is 0. The van der Waals surface area contributed by atoms with Crippen LogP contribution in [0.3, 0.4) is 0 Å². The predicted octanol–water partition coefficient (Wildman–Crippen LogP) is 7.39. The number of urea groups is 1. The highest BCUT2D eigenvalue weighted by Crippen LogP contribution is 2.31. The third kappa shape index (κ3) is 6.35. The van der Waals surface area contributed by atoms with Gasteiger partial charge in [0.1, 0.15) is 28.9 Å². The minimum Gasteiger partial charge on any atom is -0.457 e. The zero-order valence-electron chi connectivity index (χ0n) is 20.2. The van der Waals surface area contributed by atoms with Crippen molar-refractivity contribution in [2.45, 2.75) is 12.5 Å². The van der Waals surface area contributed by atoms with Crippen LogP contribution in [0.2, 0.25) is 0 Å². The molecule has 10 heteroatoms. The van der Waals surface area contributed by atoms with Crippen molar-refractivity contribution in [1.82, 2.24) is 5.01 Å². The summed E-state index contributed by atoms with van der Waals surface area (Å²) in [4.78, 5) is 13.1. The van der Waals surface area contributed by atoms with Gasteiger partial charge in [0.2, 0.25) is 0 Å². The van der Waals surface area contributed by atoms with Crippen LogP contribution in [0.1, 0.15) is 17.0 Å². The lowest BCUT2D eigenvalue weighted by molar-refractivity contribution is -0.0498. The maximum atomic E-state index is 13.5. The van der Waals surface area contributed by atoms with Crippen molar-refractivity contribution in [3.63, 3.8) is 0 Å². The Kier molecular flexibility index (Phi) is 7.44. The summed E-state index contributed by atoms with van der Waals surface area (Å²) < 4.78 is 61.8. The molecule has 1 atom stereocenters. The molecule has 4 aromatic carbocycles. The van der Waals surface area contributed by atoms with Gasteiger partial charge in [-0.2, -0.15) is 13.9 Å². The van der Waals surface area contributed by atoms with E-state index in [2.05, 4.69) is 15.2 Å². The molecule has 1 heterocycles. The number of ether oxygens (including phenoxy) is 2. The molecule has 6 nitrogen and oxygen atoms in total. The molecule has 0 saturated heterocycles. The fourth-order valence-corrected chi connectivity index (χ4v) is 4.12. The second-order valence-corrected chi connectivity index (χ2v) is 8.59. The summed E-state index contributed by atoms with van der Waals surface area (Å²) in [5.41, 5.74) is 2.38. The lowest BCUT2D eigenvalue weighted by atomic mass is 9.90. The molecule has 0 radical (unpaired) electrons. The minimum atomic E-state index is -2.92. The predicted molar refractivity (Wildman–Crippen MR) is 137 cm³/mol. The Balaban J connectivity index is 1.31. The number of carbonyl (C=O) groups excluding carboxylic acids is 1. The summed E-state index contributed by atoms with van der Waals surface area (Å²) in [7, 11) is 0. The van der Waals surface area contributed by atoms with Crippen molar-refractivity contribution in [1.29, 1.82) is 0 Å². The Morgan fingerprint density at radius 1 is 0.846 bits per heavy atom. The van der Waals surface area contributed by atoms with E-state index in [1.54, 1.807) is 48.5 Å². The van der Waals surface area contributed by atoms with Gasteiger partial charge in [0.05, 0.1) is 12.3 Å². The quantitative estimate of drug-likeness (QED) is 0.251. The number of nitrogens with zero attached hydrogens (tertiary/aromatic N) is 2. The number of hydrogen-bond acceptors (Lipinski definition) is 4. The summed E-state index contributed by atoms with van der Waals surface area (Å²) in [5, 5.41) is 8.55. The molecule has 0 aliphatic carbocycles. The van der Waals surface area contributed by atoms with Crippen LogP contribution in [0.25, 0.3) is 0 Å². The van der Waals surface area contributed by atoms with Crippen molar-refractivity contribution in [3.8, 4) is 17.2 Å². The molecule has 198 valence electrons. The van der Waals surface area contributed by atoms with E-state index in [1.807, 2.05) is 0 Å². The van der Waals surface area contributed by atoms with E-state index < -0.39 is 18.5 Å². The smallest absolute Gasteiger partial charge is 0.387 e. The third-order valence-electron chi connectivity index (χ3n) is 5.93. The Hall–Kier alpha value is -4.86. The first-order chi connectivity index (χ1) is 18.8. The van der Waals surface area contributed by atoms with E-state index >= 15 is 0 Å². The summed E-state index contributed by atoms with van der Waals surface area (Å²) in [5.74, 6) is -0.347. The Morgan fingerprint density at radius 3 is 2.15 bits per heavy atom. The molecule has 2 amide bonds. The lowest BCUT2D eigenvalue weighted by Crippen LogP contribution is -2.30. The molecule has 0 fully saturated rings. The molecule has 0 bridgehead atoms. The molecule has 4 aromatic rings. The van der Waals surface area contributed by atoms with Crippen molar-refractivity contribution >= 4 is 17.4 Å². The Labute approximate surface area is 221 Å². The Bertz CT molecular complexity index is 1480. The molecule has 1 aliphatic heterocycles. The van der Waals surface area contributed by atoms with Gasteiger partial charge in [-0.15, -0.1) is 0 Å². The van der Waals surface area contributed by atoms with Crippen LogP contribution in [0, 0.1) is 11.6 Å². The van der Waals surface area contributed by atoms with Gasteiger partial charge >= 0.3 is 12.6 Å². The van der Waals surface area contributed by atoms with Crippen molar-refractivity contribution in [2.24, 2.45) is 5.10 Å². The van der Waals surface area contributed by atoms with E-state index in [4.69, 9.17) is 4.74 Å². The van der Waals surface area contributed by atoms with Gasteiger partial charge in [-0.3, -0.25) is 0 Å². The number of nitrogens with one attached hydrogen (secondary N) is 1. The van der Waals surface area contributed by atoms with Crippen LogP contribution < -0.4 is 14.8 Å². The van der Waals surface area contributed by atoms with E-state index in [1.165, 1.54) is 53.5 Å². The van der Waals surface area contributed by atoms with Gasteiger partial charge < -0.3 is 14.8 Å². The number of anilines is 1. The molecular weight excluding hydrogens is 514 g/mol. The molecule has 0 aromatic heterocycles. The standard InChI is InChI=1S/C29H21F4N3O3/c30-20-8-4-18(5-9-20)26-17-36(35-27(26)19-6-10-21(31)11-7-19)29(37)34-22-2-1-3-25(16-22)38-23-12-14-24(15-13-23)39-28(32)33/h1-16,26,28H,17H2,(H,34,37). The highest BCUT2D eigenvalue weighted by Gasteiger charge is 2.32. The highest BCUT2D eigenvalue weighted by atomic mass is 19.3. The number of benzene rings is 4. The third-order valence-corrected chi connectivity index (χ3v) is 5.93. The fourth-order valence-electron chi connectivity index (χ4n) is 4.12. The molecule has 1 N–H and O–H groups in total. The summed E-state index contributed by atoms with van der Waals surface area (Å²) in [6.45, 7) is -2.73. The maximum absolute atomic E-state index is 13.5. The van der Waals surface area contributed by atoms with E-state index in [-0.39, 0.29) is 24.0 Å². The van der Waals surface area contributed by atoms with E-state index in [9.17, 15) is 22.4 Å². The van der Waals surface area contributed by atoms with E-state index in [0.717, 1.165) is 5.56 Å². The number of hydrazone groups is 1. The molecule has 1 unspecified atom stereocenters. The molecule has 39 heavy (non-hydrogen) atoms. The zero-order valence-corrected chi connectivity index (χ0v) is 20.2. The average Bonchev–Trinajstić information content (AvgIpc) is 3.36. The second kappa shape index (κ2) is 11.3. The topological polar surface area (TPSA) is 63.2 Å². The molecule has 5 rings (SSSR count). The van der Waals surface area contributed by atoms with Crippen LogP contribution in [-0.2, 0) is 0 Å². The summed E-state index contributed by atoms with van der Waals surface area (Å²) in [6, 6.07) is 23.5. The first-order valence-corrected chi connectivity index (χ1v) is 11.9. The van der Waals surface area contributed by atoms with Gasteiger partial charge in [-0.25, -0.2) is 18.6 Å². The number of alkyl halides is 2. The molecule has 0 spiro atoms. The van der Waals surface area contributed by atoms with Gasteiger partial charge in [-0.1, -0.05) is 30.3 Å². The van der Waals surface area contributed by atoms with Crippen molar-refractivity contribution in [3.05, 3.63) is 120 Å². The van der Waals surface area contributed by atoms with E-state index in [0.29, 0.717) is 28.5 Å². The number of hydrogen-bond donors (Lipinski definition) is 1. The number of carbonyl (C=O) groups is 1. The first-order valence-electron chi connectivity index (χ1n) is 11.9. The molecule has 1 aliphatic rings. The second-order valence-electron chi connectivity index (χ2n) is 8.59. The monoisotopic (exact) mass is 535 g/mol. The van der Waals surface area contributed by atoms with Gasteiger partial charge in [0, 0.05) is 17.7 Å². The number of halogens is 4. The summed E-state index contributed by atoms with van der Waals surface area (Å²) in [6.07, 6.45) is 0. The maximum Gasteiger partial charge on any atom is 0.387 e. The minimum absolute atomic E-state index is 0.00322. The highest BCUT2D eigenvalue weighted by molar-refractivity contribution is 6.07. The largest absolute Gasteiger partial charge is 0.457 e. The average molecular weight is 535 g/mol. The molecule has 0 saturated carbocycles. The van der Waals surface area contributed by atoms with Crippen LogP contribution in [-0.4, -0.2) is 29.9 Å². The first kappa shape index (κ1) is 25.8. The van der Waals surface area contributed by atoms with Crippen LogP contribution >= 0.6 is 0 Å². The zero-order chi connectivity index (χ0) is 27.4. The number of amides is 2. The lowest BCUT2D eigenvalue weighted by Gasteiger charge is -2.16. The van der Waals surface area contributed by atoms with Gasteiger partial charge in [-0.05, 0) is 71.8 Å². The van der Waals surface area contributed by atoms with Crippen LogP contribution in [0.15, 0.2) is 102 Å². The molecular formula is C29H21F4N3O3. The SMILES string of the molecule is O=C(Nc1cccc(Oc2ccc(OC(F)F)cc2)c1)N1CC(c2ccc(F)cc2)C(c2ccc(F)cc2)=N1. The van der Waals surface area contributed by atoms with Crippen LogP contribution in [0.5, 0.6) is 17.2 Å².